The molecule has 2 rings (SSSR count). The third-order valence-corrected chi connectivity index (χ3v) is 4.02. The maximum atomic E-state index is 4.33. The average molecular weight is 190 g/mol. The zero-order valence-electron chi connectivity index (χ0n) is 7.51. The van der Waals surface area contributed by atoms with Crippen molar-refractivity contribution in [2.75, 3.05) is 0 Å². The molecule has 1 aromatic heterocycles. The standard InChI is InChI=1S/C11H12NS/c1-10(13-8-4-5-9-13)11-6-2-3-7-12-11/h2-9,13H,1H3. The largest absolute Gasteiger partial charge is 0.260 e. The van der Waals surface area contributed by atoms with Crippen molar-refractivity contribution in [2.24, 2.45) is 0 Å². The van der Waals surface area contributed by atoms with Gasteiger partial charge in [-0.3, -0.25) is 4.98 Å². The molecular weight excluding hydrogens is 178 g/mol. The zero-order valence-corrected chi connectivity index (χ0v) is 8.41. The topological polar surface area (TPSA) is 12.9 Å². The highest BCUT2D eigenvalue weighted by Gasteiger charge is 2.13. The zero-order chi connectivity index (χ0) is 9.10. The highest BCUT2D eigenvalue weighted by molar-refractivity contribution is 8.24. The van der Waals surface area contributed by atoms with Crippen LogP contribution in [0.1, 0.15) is 12.6 Å². The number of rotatable bonds is 2. The van der Waals surface area contributed by atoms with Crippen molar-refractivity contribution in [3.05, 3.63) is 58.3 Å². The van der Waals surface area contributed by atoms with Crippen LogP contribution < -0.4 is 0 Å². The second kappa shape index (κ2) is 3.79. The van der Waals surface area contributed by atoms with Crippen molar-refractivity contribution in [1.82, 2.24) is 4.98 Å². The van der Waals surface area contributed by atoms with Crippen LogP contribution in [0, 0.1) is 5.25 Å². The fourth-order valence-corrected chi connectivity index (χ4v) is 2.78. The quantitative estimate of drug-likeness (QED) is 0.707. The molecule has 0 aromatic carbocycles. The molecule has 0 aliphatic carbocycles. The lowest BCUT2D eigenvalue weighted by Gasteiger charge is -2.17. The number of nitrogens with zero attached hydrogens (tertiary/aromatic N) is 1. The normalized spacial score (nSPS) is 17.2. The summed E-state index contributed by atoms with van der Waals surface area (Å²) in [5.74, 6) is 0. The van der Waals surface area contributed by atoms with Crippen LogP contribution in [-0.2, 0) is 0 Å². The molecule has 13 heavy (non-hydrogen) atoms. The molecule has 0 amide bonds. The Morgan fingerprint density at radius 1 is 1.23 bits per heavy atom. The molecule has 2 heterocycles. The predicted molar refractivity (Wildman–Crippen MR) is 59.5 cm³/mol. The minimum absolute atomic E-state index is 0.190. The minimum Gasteiger partial charge on any atom is -0.260 e. The Balaban J connectivity index is 2.18. The van der Waals surface area contributed by atoms with Gasteiger partial charge in [0.2, 0.25) is 0 Å². The van der Waals surface area contributed by atoms with E-state index in [9.17, 15) is 0 Å². The van der Waals surface area contributed by atoms with E-state index in [0.717, 1.165) is 5.69 Å². The third-order valence-electron chi connectivity index (χ3n) is 2.03. The van der Waals surface area contributed by atoms with Gasteiger partial charge in [0.05, 0.1) is 10.9 Å². The molecule has 0 N–H and O–H groups in total. The Morgan fingerprint density at radius 2 is 2.00 bits per heavy atom. The van der Waals surface area contributed by atoms with Gasteiger partial charge in [-0.1, -0.05) is 18.2 Å². The van der Waals surface area contributed by atoms with Gasteiger partial charge in [-0.05, 0) is 29.9 Å². The second-order valence-electron chi connectivity index (χ2n) is 2.89. The molecule has 1 nitrogen and oxygen atoms in total. The lowest BCUT2D eigenvalue weighted by molar-refractivity contribution is 1.18. The fraction of sp³-hybridized carbons (Fsp3) is 0.0909. The summed E-state index contributed by atoms with van der Waals surface area (Å²) >= 11 is 0. The van der Waals surface area contributed by atoms with Crippen LogP contribution in [0.25, 0.3) is 0 Å². The summed E-state index contributed by atoms with van der Waals surface area (Å²) in [7, 11) is -0.190. The van der Waals surface area contributed by atoms with Gasteiger partial charge in [0.15, 0.2) is 0 Å². The van der Waals surface area contributed by atoms with Crippen molar-refractivity contribution in [2.45, 2.75) is 6.92 Å². The van der Waals surface area contributed by atoms with Crippen LogP contribution in [-0.4, -0.2) is 4.98 Å². The first-order valence-electron chi connectivity index (χ1n) is 4.26. The van der Waals surface area contributed by atoms with Crippen LogP contribution in [0.2, 0.25) is 0 Å². The van der Waals surface area contributed by atoms with Crippen LogP contribution in [0.5, 0.6) is 0 Å². The molecule has 1 aliphatic rings. The van der Waals surface area contributed by atoms with E-state index >= 15 is 0 Å². The maximum absolute atomic E-state index is 4.33. The third kappa shape index (κ3) is 1.83. The van der Waals surface area contributed by atoms with Crippen LogP contribution in [0.3, 0.4) is 0 Å². The van der Waals surface area contributed by atoms with Gasteiger partial charge < -0.3 is 0 Å². The van der Waals surface area contributed by atoms with Crippen LogP contribution in [0.4, 0.5) is 0 Å². The first-order chi connectivity index (χ1) is 6.38. The summed E-state index contributed by atoms with van der Waals surface area (Å²) < 4.78 is 0. The summed E-state index contributed by atoms with van der Waals surface area (Å²) in [5.41, 5.74) is 1.12. The Kier molecular flexibility index (Phi) is 2.50. The van der Waals surface area contributed by atoms with E-state index in [1.54, 1.807) is 0 Å². The van der Waals surface area contributed by atoms with Gasteiger partial charge in [0, 0.05) is 6.20 Å². The Morgan fingerprint density at radius 3 is 2.62 bits per heavy atom. The van der Waals surface area contributed by atoms with Gasteiger partial charge in [-0.2, -0.15) is 0 Å². The van der Waals surface area contributed by atoms with E-state index in [1.807, 2.05) is 18.3 Å². The lowest BCUT2D eigenvalue weighted by atomic mass is 10.3. The summed E-state index contributed by atoms with van der Waals surface area (Å²) in [6.45, 7) is 2.16. The van der Waals surface area contributed by atoms with E-state index in [-0.39, 0.29) is 10.9 Å². The van der Waals surface area contributed by atoms with Crippen LogP contribution in [0.15, 0.2) is 47.4 Å². The molecule has 0 bridgehead atoms. The molecule has 1 radical (unpaired) electrons. The molecule has 1 aliphatic heterocycles. The fourth-order valence-electron chi connectivity index (χ4n) is 1.27. The number of hydrogen-bond donors (Lipinski definition) is 1. The molecule has 2 heteroatoms. The monoisotopic (exact) mass is 190 g/mol. The Labute approximate surface area is 81.5 Å². The van der Waals surface area contributed by atoms with Crippen molar-refractivity contribution >= 4 is 10.9 Å². The Bertz CT molecular complexity index is 317. The van der Waals surface area contributed by atoms with Gasteiger partial charge in [0.25, 0.3) is 0 Å². The molecule has 0 unspecified atom stereocenters. The maximum Gasteiger partial charge on any atom is 0.0628 e. The summed E-state index contributed by atoms with van der Waals surface area (Å²) in [5, 5.41) is 5.87. The first kappa shape index (κ1) is 8.57. The van der Waals surface area contributed by atoms with Gasteiger partial charge >= 0.3 is 0 Å². The van der Waals surface area contributed by atoms with E-state index in [1.165, 1.54) is 5.25 Å². The highest BCUT2D eigenvalue weighted by atomic mass is 32.2. The molecule has 1 aromatic rings. The molecule has 0 atom stereocenters. The molecule has 67 valence electrons. The van der Waals surface area contributed by atoms with Crippen molar-refractivity contribution < 1.29 is 0 Å². The number of allylic oxidation sites excluding steroid dienone is 2. The SMILES string of the molecule is C[C](c1ccccn1)[SH]1C=CC=C1. The molecule has 0 spiro atoms. The van der Waals surface area contributed by atoms with Crippen molar-refractivity contribution in [3.8, 4) is 0 Å². The number of thiol groups is 1. The van der Waals surface area contributed by atoms with E-state index in [0.29, 0.717) is 0 Å². The first-order valence-corrected chi connectivity index (χ1v) is 5.74. The smallest absolute Gasteiger partial charge is 0.0628 e. The van der Waals surface area contributed by atoms with Gasteiger partial charge in [-0.15, -0.1) is 0 Å². The second-order valence-corrected chi connectivity index (χ2v) is 4.97. The van der Waals surface area contributed by atoms with Crippen molar-refractivity contribution in [3.63, 3.8) is 0 Å². The van der Waals surface area contributed by atoms with E-state index in [2.05, 4.69) is 40.9 Å². The van der Waals surface area contributed by atoms with Crippen LogP contribution >= 0.6 is 10.9 Å². The molecule has 0 saturated carbocycles. The van der Waals surface area contributed by atoms with E-state index in [4.69, 9.17) is 0 Å². The van der Waals surface area contributed by atoms with Crippen molar-refractivity contribution in [1.29, 1.82) is 0 Å². The number of pyridine rings is 1. The van der Waals surface area contributed by atoms with E-state index < -0.39 is 0 Å². The molecule has 0 saturated heterocycles. The number of hydrogen-bond acceptors (Lipinski definition) is 1. The van der Waals surface area contributed by atoms with Gasteiger partial charge in [-0.25, -0.2) is 10.9 Å². The summed E-state index contributed by atoms with van der Waals surface area (Å²) in [6.07, 6.45) is 6.06. The average Bonchev–Trinajstić information content (AvgIpc) is 2.71. The lowest BCUT2D eigenvalue weighted by Crippen LogP contribution is -1.94. The predicted octanol–water partition coefficient (Wildman–Crippen LogP) is 3.02. The summed E-state index contributed by atoms with van der Waals surface area (Å²) in [6, 6.07) is 6.05. The Hall–Kier alpha value is -1.02. The summed E-state index contributed by atoms with van der Waals surface area (Å²) in [4.78, 5) is 4.33. The van der Waals surface area contributed by atoms with Gasteiger partial charge in [0.1, 0.15) is 0 Å². The molecular formula is C11H12NS. The molecule has 0 fully saturated rings. The minimum atomic E-state index is -0.190. The highest BCUT2D eigenvalue weighted by Crippen LogP contribution is 2.45. The number of aromatic nitrogens is 1.